The first kappa shape index (κ1) is 24.6. The number of nitrogens with one attached hydrogen (secondary N) is 2. The van der Waals surface area contributed by atoms with E-state index in [9.17, 15) is 26.4 Å². The summed E-state index contributed by atoms with van der Waals surface area (Å²) in [6, 6.07) is 15.7. The number of aryl methyl sites for hydroxylation is 1. The number of halogens is 4. The molecule has 2 N–H and O–H groups in total. The molecule has 0 radical (unpaired) electrons. The molecule has 0 fully saturated rings. The highest BCUT2D eigenvalue weighted by Crippen LogP contribution is 2.29. The van der Waals surface area contributed by atoms with E-state index in [0.717, 1.165) is 35.4 Å². The average Bonchev–Trinajstić information content (AvgIpc) is 2.69. The van der Waals surface area contributed by atoms with Crippen LogP contribution >= 0.6 is 15.9 Å². The molecule has 0 saturated carbocycles. The van der Waals surface area contributed by atoms with Crippen molar-refractivity contribution >= 4 is 43.2 Å². The van der Waals surface area contributed by atoms with Crippen LogP contribution in [0.5, 0.6) is 5.75 Å². The van der Waals surface area contributed by atoms with Crippen molar-refractivity contribution in [3.05, 3.63) is 82.3 Å². The Hall–Kier alpha value is -3.05. The molecule has 3 aromatic rings. The minimum Gasteiger partial charge on any atom is -0.406 e. The Morgan fingerprint density at radius 1 is 1.00 bits per heavy atom. The van der Waals surface area contributed by atoms with Crippen LogP contribution < -0.4 is 14.8 Å². The Morgan fingerprint density at radius 2 is 1.70 bits per heavy atom. The molecule has 0 aliphatic carbocycles. The number of rotatable bonds is 7. The lowest BCUT2D eigenvalue weighted by Gasteiger charge is -2.15. The van der Waals surface area contributed by atoms with Crippen molar-refractivity contribution in [3.63, 3.8) is 0 Å². The highest BCUT2D eigenvalue weighted by Gasteiger charge is 2.31. The molecule has 0 spiro atoms. The van der Waals surface area contributed by atoms with E-state index >= 15 is 0 Å². The van der Waals surface area contributed by atoms with Gasteiger partial charge >= 0.3 is 6.36 Å². The molecular weight excluding hydrogens is 525 g/mol. The second kappa shape index (κ2) is 9.84. The molecule has 0 atom stereocenters. The third-order valence-electron chi connectivity index (χ3n) is 4.31. The maximum atomic E-state index is 12.8. The summed E-state index contributed by atoms with van der Waals surface area (Å²) in [5, 5.41) is 2.69. The summed E-state index contributed by atoms with van der Waals surface area (Å²) < 4.78 is 69.1. The molecule has 0 heterocycles. The van der Waals surface area contributed by atoms with Gasteiger partial charge in [0.25, 0.3) is 10.0 Å². The molecule has 0 aliphatic rings. The largest absolute Gasteiger partial charge is 0.573 e. The predicted octanol–water partition coefficient (Wildman–Crippen LogP) is 5.64. The van der Waals surface area contributed by atoms with Gasteiger partial charge in [0.2, 0.25) is 5.91 Å². The monoisotopic (exact) mass is 542 g/mol. The fourth-order valence-electron chi connectivity index (χ4n) is 2.93. The molecule has 0 saturated heterocycles. The zero-order valence-corrected chi connectivity index (χ0v) is 19.5. The molecule has 0 aromatic heterocycles. The second-order valence-corrected chi connectivity index (χ2v) is 9.63. The maximum Gasteiger partial charge on any atom is 0.573 e. The predicted molar refractivity (Wildman–Crippen MR) is 122 cm³/mol. The number of carbonyl (C=O) groups is 1. The normalized spacial score (nSPS) is 11.7. The van der Waals surface area contributed by atoms with E-state index in [2.05, 4.69) is 30.7 Å². The van der Waals surface area contributed by atoms with Crippen molar-refractivity contribution in [1.82, 2.24) is 0 Å². The Balaban J connectivity index is 1.78. The summed E-state index contributed by atoms with van der Waals surface area (Å²) >= 11 is 3.28. The molecule has 1 amide bonds. The molecular formula is C22H18BrF3N2O4S. The van der Waals surface area contributed by atoms with Gasteiger partial charge in [0.1, 0.15) is 5.75 Å². The number of alkyl halides is 3. The number of hydrogen-bond acceptors (Lipinski definition) is 4. The van der Waals surface area contributed by atoms with E-state index in [0.29, 0.717) is 4.47 Å². The molecule has 6 nitrogen and oxygen atoms in total. The van der Waals surface area contributed by atoms with Gasteiger partial charge in [-0.05, 0) is 55.0 Å². The van der Waals surface area contributed by atoms with Crippen molar-refractivity contribution in [2.45, 2.75) is 24.6 Å². The van der Waals surface area contributed by atoms with Crippen molar-refractivity contribution in [2.24, 2.45) is 0 Å². The van der Waals surface area contributed by atoms with E-state index in [1.807, 2.05) is 31.2 Å². The van der Waals surface area contributed by atoms with Crippen LogP contribution in [0.3, 0.4) is 0 Å². The Labute approximate surface area is 197 Å². The molecule has 0 bridgehead atoms. The number of benzene rings is 3. The summed E-state index contributed by atoms with van der Waals surface area (Å²) in [4.78, 5) is 12.3. The average molecular weight is 543 g/mol. The molecule has 3 aromatic carbocycles. The zero-order valence-electron chi connectivity index (χ0n) is 17.1. The quantitative estimate of drug-likeness (QED) is 0.404. The van der Waals surface area contributed by atoms with E-state index in [1.165, 1.54) is 12.1 Å². The number of amides is 1. The van der Waals surface area contributed by atoms with Crippen LogP contribution in [0.1, 0.15) is 11.1 Å². The summed E-state index contributed by atoms with van der Waals surface area (Å²) in [5.74, 6) is -0.901. The first-order valence-corrected chi connectivity index (χ1v) is 11.7. The third-order valence-corrected chi connectivity index (χ3v) is 6.19. The number of anilines is 2. The van der Waals surface area contributed by atoms with Gasteiger partial charge in [-0.25, -0.2) is 8.42 Å². The number of carbonyl (C=O) groups excluding carboxylic acids is 1. The standard InChI is InChI=1S/C22H18BrF3N2O4S/c1-14-3-2-4-15(11-14)12-21(29)27-20-13-16(23)5-10-19(20)28-33(30,31)18-8-6-17(7-9-18)32-22(24,25)26/h2-11,13,28H,12H2,1H3,(H,27,29). The van der Waals surface area contributed by atoms with Crippen LogP contribution in [-0.2, 0) is 21.2 Å². The van der Waals surface area contributed by atoms with Crippen LogP contribution in [0.15, 0.2) is 76.1 Å². The van der Waals surface area contributed by atoms with Gasteiger partial charge in [-0.1, -0.05) is 45.8 Å². The van der Waals surface area contributed by atoms with Gasteiger partial charge in [-0.15, -0.1) is 13.2 Å². The first-order valence-electron chi connectivity index (χ1n) is 9.45. The van der Waals surface area contributed by atoms with E-state index in [4.69, 9.17) is 0 Å². The van der Waals surface area contributed by atoms with Gasteiger partial charge in [-0.2, -0.15) is 0 Å². The van der Waals surface area contributed by atoms with Crippen LogP contribution in [0.2, 0.25) is 0 Å². The van der Waals surface area contributed by atoms with Crippen molar-refractivity contribution in [1.29, 1.82) is 0 Å². The molecule has 33 heavy (non-hydrogen) atoms. The number of sulfonamides is 1. The Morgan fingerprint density at radius 3 is 2.33 bits per heavy atom. The topological polar surface area (TPSA) is 84.5 Å². The van der Waals surface area contributed by atoms with E-state index < -0.39 is 22.1 Å². The summed E-state index contributed by atoms with van der Waals surface area (Å²) in [6.07, 6.45) is -4.80. The van der Waals surface area contributed by atoms with Gasteiger partial charge in [0.05, 0.1) is 22.7 Å². The van der Waals surface area contributed by atoms with Crippen LogP contribution in [-0.4, -0.2) is 20.7 Å². The molecule has 0 aliphatic heterocycles. The second-order valence-electron chi connectivity index (χ2n) is 7.03. The van der Waals surface area contributed by atoms with Gasteiger partial charge in [0, 0.05) is 4.47 Å². The van der Waals surface area contributed by atoms with Crippen molar-refractivity contribution in [3.8, 4) is 5.75 Å². The van der Waals surface area contributed by atoms with Gasteiger partial charge in [-0.3, -0.25) is 9.52 Å². The van der Waals surface area contributed by atoms with E-state index in [-0.39, 0.29) is 28.6 Å². The Kier molecular flexibility index (Phi) is 7.33. The van der Waals surface area contributed by atoms with Crippen LogP contribution in [0, 0.1) is 6.92 Å². The fraction of sp³-hybridized carbons (Fsp3) is 0.136. The van der Waals surface area contributed by atoms with Crippen LogP contribution in [0.4, 0.5) is 24.5 Å². The summed E-state index contributed by atoms with van der Waals surface area (Å²) in [7, 11) is -4.16. The SMILES string of the molecule is Cc1cccc(CC(=O)Nc2cc(Br)ccc2NS(=O)(=O)c2ccc(OC(F)(F)F)cc2)c1. The lowest BCUT2D eigenvalue weighted by Crippen LogP contribution is -2.19. The smallest absolute Gasteiger partial charge is 0.406 e. The van der Waals surface area contributed by atoms with Gasteiger partial charge < -0.3 is 10.1 Å². The lowest BCUT2D eigenvalue weighted by atomic mass is 10.1. The summed E-state index contributed by atoms with van der Waals surface area (Å²) in [6.45, 7) is 1.91. The van der Waals surface area contributed by atoms with Crippen molar-refractivity contribution < 1.29 is 31.1 Å². The van der Waals surface area contributed by atoms with Crippen molar-refractivity contribution in [2.75, 3.05) is 10.0 Å². The van der Waals surface area contributed by atoms with Crippen LogP contribution in [0.25, 0.3) is 0 Å². The number of hydrogen-bond donors (Lipinski definition) is 2. The Bertz CT molecular complexity index is 1260. The minimum absolute atomic E-state index is 0.0844. The fourth-order valence-corrected chi connectivity index (χ4v) is 4.38. The highest BCUT2D eigenvalue weighted by molar-refractivity contribution is 9.10. The van der Waals surface area contributed by atoms with E-state index in [1.54, 1.807) is 6.07 Å². The van der Waals surface area contributed by atoms with Gasteiger partial charge in [0.15, 0.2) is 0 Å². The minimum atomic E-state index is -4.89. The molecule has 0 unspecified atom stereocenters. The first-order chi connectivity index (χ1) is 15.4. The lowest BCUT2D eigenvalue weighted by molar-refractivity contribution is -0.274. The number of ether oxygens (including phenoxy) is 1. The summed E-state index contributed by atoms with van der Waals surface area (Å²) in [5.41, 5.74) is 2.10. The molecule has 11 heteroatoms. The molecule has 174 valence electrons. The molecule has 3 rings (SSSR count). The third kappa shape index (κ3) is 7.22. The zero-order chi connectivity index (χ0) is 24.2. The highest BCUT2D eigenvalue weighted by atomic mass is 79.9. The maximum absolute atomic E-state index is 12.8.